The molecule has 0 unspecified atom stereocenters. The van der Waals surface area contributed by atoms with E-state index in [-0.39, 0.29) is 12.3 Å². The molecule has 0 bridgehead atoms. The van der Waals surface area contributed by atoms with Crippen molar-refractivity contribution in [1.82, 2.24) is 9.59 Å². The minimum Gasteiger partial charge on any atom is -0.307 e. The first-order valence-electron chi connectivity index (χ1n) is 5.34. The number of carbonyl (C=O) groups excluding carboxylic acids is 1. The van der Waals surface area contributed by atoms with Gasteiger partial charge in [-0.25, -0.2) is 0 Å². The molecule has 0 aliphatic heterocycles. The molecule has 6 heteroatoms. The molecule has 0 radical (unpaired) electrons. The van der Waals surface area contributed by atoms with Crippen LogP contribution in [0.3, 0.4) is 0 Å². The number of hydrogen-bond donors (Lipinski definition) is 0. The lowest BCUT2D eigenvalue weighted by atomic mass is 10.2. The normalized spacial score (nSPS) is 9.72. The third kappa shape index (κ3) is 2.70. The number of para-hydroxylation sites is 1. The standard InChI is InChI=1S/C12H10N4OS/c13-7-4-8-16(10-5-2-1-3-6-10)12(17)11-9-14-15-18-11/h1-3,5-6,9H,4,8H2. The van der Waals surface area contributed by atoms with E-state index in [1.165, 1.54) is 6.20 Å². The van der Waals surface area contributed by atoms with Crippen LogP contribution in [0, 0.1) is 11.3 Å². The van der Waals surface area contributed by atoms with Gasteiger partial charge in [-0.15, -0.1) is 5.10 Å². The molecular formula is C12H10N4OS. The second-order valence-corrected chi connectivity index (χ2v) is 4.27. The van der Waals surface area contributed by atoms with Gasteiger partial charge in [0.2, 0.25) is 0 Å². The summed E-state index contributed by atoms with van der Waals surface area (Å²) in [6.45, 7) is 0.358. The molecule has 2 rings (SSSR count). The van der Waals surface area contributed by atoms with Gasteiger partial charge in [-0.2, -0.15) is 5.26 Å². The fourth-order valence-corrected chi connectivity index (χ4v) is 1.98. The van der Waals surface area contributed by atoms with E-state index in [1.807, 2.05) is 36.4 Å². The van der Waals surface area contributed by atoms with Crippen molar-refractivity contribution < 1.29 is 4.79 Å². The topological polar surface area (TPSA) is 69.9 Å². The highest BCUT2D eigenvalue weighted by Crippen LogP contribution is 2.18. The Morgan fingerprint density at radius 2 is 2.17 bits per heavy atom. The Balaban J connectivity index is 2.26. The number of benzene rings is 1. The molecule has 18 heavy (non-hydrogen) atoms. The third-order valence-electron chi connectivity index (χ3n) is 2.33. The zero-order chi connectivity index (χ0) is 12.8. The summed E-state index contributed by atoms with van der Waals surface area (Å²) < 4.78 is 3.68. The summed E-state index contributed by atoms with van der Waals surface area (Å²) in [7, 11) is 0. The first-order chi connectivity index (χ1) is 8.83. The van der Waals surface area contributed by atoms with Crippen LogP contribution in [-0.4, -0.2) is 22.0 Å². The summed E-state index contributed by atoms with van der Waals surface area (Å²) in [5.74, 6) is -0.175. The molecule has 0 fully saturated rings. The van der Waals surface area contributed by atoms with Crippen LogP contribution < -0.4 is 4.90 Å². The number of nitriles is 1. The van der Waals surface area contributed by atoms with Crippen LogP contribution in [0.5, 0.6) is 0 Å². The Morgan fingerprint density at radius 1 is 1.39 bits per heavy atom. The van der Waals surface area contributed by atoms with Crippen LogP contribution >= 0.6 is 11.5 Å². The number of nitrogens with zero attached hydrogens (tertiary/aromatic N) is 4. The van der Waals surface area contributed by atoms with E-state index in [2.05, 4.69) is 9.59 Å². The largest absolute Gasteiger partial charge is 0.307 e. The van der Waals surface area contributed by atoms with Crippen LogP contribution in [-0.2, 0) is 0 Å². The molecule has 0 aliphatic rings. The summed E-state index contributed by atoms with van der Waals surface area (Å²) in [5.41, 5.74) is 0.770. The molecule has 0 aliphatic carbocycles. The maximum atomic E-state index is 12.3. The van der Waals surface area contributed by atoms with Crippen molar-refractivity contribution in [3.05, 3.63) is 41.4 Å². The molecule has 2 aromatic rings. The van der Waals surface area contributed by atoms with Crippen molar-refractivity contribution in [2.45, 2.75) is 6.42 Å². The maximum Gasteiger partial charge on any atom is 0.271 e. The summed E-state index contributed by atoms with van der Waals surface area (Å²) in [6, 6.07) is 11.3. The van der Waals surface area contributed by atoms with Crippen LogP contribution in [0.4, 0.5) is 5.69 Å². The fraction of sp³-hybridized carbons (Fsp3) is 0.167. The summed E-state index contributed by atoms with van der Waals surface area (Å²) in [6.07, 6.45) is 1.72. The van der Waals surface area contributed by atoms with Crippen molar-refractivity contribution in [3.8, 4) is 6.07 Å². The van der Waals surface area contributed by atoms with Crippen molar-refractivity contribution in [2.24, 2.45) is 0 Å². The van der Waals surface area contributed by atoms with Crippen LogP contribution in [0.25, 0.3) is 0 Å². The summed E-state index contributed by atoms with van der Waals surface area (Å²) in [5, 5.41) is 12.3. The smallest absolute Gasteiger partial charge is 0.271 e. The van der Waals surface area contributed by atoms with E-state index in [4.69, 9.17) is 5.26 Å². The van der Waals surface area contributed by atoms with Gasteiger partial charge in [-0.05, 0) is 23.7 Å². The van der Waals surface area contributed by atoms with Crippen molar-refractivity contribution in [3.63, 3.8) is 0 Å². The minimum atomic E-state index is -0.175. The second kappa shape index (κ2) is 5.89. The van der Waals surface area contributed by atoms with E-state index in [0.29, 0.717) is 11.4 Å². The molecule has 1 amide bonds. The summed E-state index contributed by atoms with van der Waals surface area (Å²) in [4.78, 5) is 14.3. The molecule has 90 valence electrons. The highest BCUT2D eigenvalue weighted by atomic mass is 32.1. The number of anilines is 1. The van der Waals surface area contributed by atoms with E-state index in [0.717, 1.165) is 17.2 Å². The molecule has 1 heterocycles. The van der Waals surface area contributed by atoms with Crippen molar-refractivity contribution >= 4 is 23.1 Å². The Labute approximate surface area is 108 Å². The number of hydrogen-bond acceptors (Lipinski definition) is 5. The van der Waals surface area contributed by atoms with E-state index in [1.54, 1.807) is 4.90 Å². The van der Waals surface area contributed by atoms with Gasteiger partial charge in [-0.3, -0.25) is 4.79 Å². The van der Waals surface area contributed by atoms with Gasteiger partial charge in [0.1, 0.15) is 4.88 Å². The molecule has 0 saturated carbocycles. The number of amides is 1. The van der Waals surface area contributed by atoms with Crippen LogP contribution in [0.15, 0.2) is 36.5 Å². The number of rotatable bonds is 4. The maximum absolute atomic E-state index is 12.3. The Hall–Kier alpha value is -2.26. The Bertz CT molecular complexity index is 547. The first-order valence-corrected chi connectivity index (χ1v) is 6.11. The van der Waals surface area contributed by atoms with Gasteiger partial charge in [0, 0.05) is 12.2 Å². The second-order valence-electron chi connectivity index (χ2n) is 3.48. The molecule has 0 saturated heterocycles. The van der Waals surface area contributed by atoms with Crippen molar-refractivity contribution in [2.75, 3.05) is 11.4 Å². The zero-order valence-electron chi connectivity index (χ0n) is 9.48. The van der Waals surface area contributed by atoms with Gasteiger partial charge < -0.3 is 4.90 Å². The van der Waals surface area contributed by atoms with E-state index >= 15 is 0 Å². The SMILES string of the molecule is N#CCCN(C(=O)c1cnns1)c1ccccc1. The predicted molar refractivity (Wildman–Crippen MR) is 68.3 cm³/mol. The molecular weight excluding hydrogens is 248 g/mol. The number of carbonyl (C=O) groups is 1. The molecule has 0 N–H and O–H groups in total. The Kier molecular flexibility index (Phi) is 3.99. The minimum absolute atomic E-state index is 0.175. The van der Waals surface area contributed by atoms with Gasteiger partial charge in [0.25, 0.3) is 5.91 Å². The number of aromatic nitrogens is 2. The van der Waals surface area contributed by atoms with Crippen LogP contribution in [0.2, 0.25) is 0 Å². The average molecular weight is 258 g/mol. The quantitative estimate of drug-likeness (QED) is 0.842. The highest BCUT2D eigenvalue weighted by Gasteiger charge is 2.19. The molecule has 1 aromatic carbocycles. The fourth-order valence-electron chi connectivity index (χ4n) is 1.51. The Morgan fingerprint density at radius 3 is 2.78 bits per heavy atom. The highest BCUT2D eigenvalue weighted by molar-refractivity contribution is 7.07. The average Bonchev–Trinajstić information content (AvgIpc) is 2.94. The lowest BCUT2D eigenvalue weighted by molar-refractivity contribution is 0.0991. The lowest BCUT2D eigenvalue weighted by Gasteiger charge is -2.20. The predicted octanol–water partition coefficient (Wildman–Crippen LogP) is 2.10. The van der Waals surface area contributed by atoms with Gasteiger partial charge in [0.15, 0.2) is 0 Å². The third-order valence-corrected chi connectivity index (χ3v) is 2.98. The van der Waals surface area contributed by atoms with Crippen molar-refractivity contribution in [1.29, 1.82) is 5.26 Å². The summed E-state index contributed by atoms with van der Waals surface area (Å²) >= 11 is 1.05. The molecule has 0 spiro atoms. The van der Waals surface area contributed by atoms with E-state index in [9.17, 15) is 4.79 Å². The molecule has 0 atom stereocenters. The molecule has 5 nitrogen and oxygen atoms in total. The van der Waals surface area contributed by atoms with Gasteiger partial charge >= 0.3 is 0 Å². The van der Waals surface area contributed by atoms with E-state index < -0.39 is 0 Å². The zero-order valence-corrected chi connectivity index (χ0v) is 10.3. The van der Waals surface area contributed by atoms with Gasteiger partial charge in [0.05, 0.1) is 18.7 Å². The molecule has 1 aromatic heterocycles. The first kappa shape index (κ1) is 12.2. The van der Waals surface area contributed by atoms with Crippen LogP contribution in [0.1, 0.15) is 16.1 Å². The van der Waals surface area contributed by atoms with Gasteiger partial charge in [-0.1, -0.05) is 22.7 Å². The monoisotopic (exact) mass is 258 g/mol. The lowest BCUT2D eigenvalue weighted by Crippen LogP contribution is -2.31.